The van der Waals surface area contributed by atoms with E-state index in [9.17, 15) is 14.4 Å². The van der Waals surface area contributed by atoms with Gasteiger partial charge in [0.2, 0.25) is 5.91 Å². The van der Waals surface area contributed by atoms with Gasteiger partial charge < -0.3 is 14.8 Å². The molecule has 0 rings (SSSR count). The number of carbonyl (C=O) groups is 3. The average Bonchev–Trinajstić information content (AvgIpc) is 3.27. The molecule has 1 atom stereocenters. The molecule has 0 aromatic heterocycles. The first-order valence-electron chi connectivity index (χ1n) is 28.2. The molecule has 1 amide bonds. The van der Waals surface area contributed by atoms with Crippen LogP contribution in [-0.4, -0.2) is 37.1 Å². The summed E-state index contributed by atoms with van der Waals surface area (Å²) in [5.41, 5.74) is 0. The molecule has 6 nitrogen and oxygen atoms in total. The lowest BCUT2D eigenvalue weighted by Gasteiger charge is -2.17. The van der Waals surface area contributed by atoms with Crippen LogP contribution in [0.15, 0.2) is 0 Å². The van der Waals surface area contributed by atoms with Gasteiger partial charge in [-0.1, -0.05) is 290 Å². The van der Waals surface area contributed by atoms with Crippen molar-refractivity contribution in [2.45, 2.75) is 329 Å². The Morgan fingerprint density at radius 2 is 0.565 bits per heavy atom. The molecule has 0 radical (unpaired) electrons. The second kappa shape index (κ2) is 52.0. The van der Waals surface area contributed by atoms with Crippen molar-refractivity contribution in [3.05, 3.63) is 0 Å². The minimum absolute atomic E-state index is 0.166. The Bertz CT molecular complexity index is 924. The largest absolute Gasteiger partial charge is 0.466 e. The van der Waals surface area contributed by atoms with E-state index < -0.39 is 18.0 Å². The molecule has 6 heteroatoms. The Hall–Kier alpha value is -1.59. The molecular weight excluding hydrogens is 767 g/mol. The molecule has 0 bridgehead atoms. The summed E-state index contributed by atoms with van der Waals surface area (Å²) in [5.74, 6) is -1.12. The van der Waals surface area contributed by atoms with E-state index in [-0.39, 0.29) is 12.3 Å². The van der Waals surface area contributed by atoms with Crippen LogP contribution in [0.2, 0.25) is 0 Å². The van der Waals surface area contributed by atoms with Crippen LogP contribution in [-0.2, 0) is 23.9 Å². The standard InChI is InChI=1S/C56H109NO5/c1-4-7-10-13-16-19-22-25-27-29-32-35-38-41-44-47-50-61-55(59)52-53(57-54(58)49-46-43-40-37-34-31-24-21-18-15-12-9-6-3)56(60)62-51-48-45-42-39-36-33-30-28-26-23-20-17-14-11-8-5-2/h53H,4-52H2,1-3H3,(H,57,58)/t53-/m0/s1. The first kappa shape index (κ1) is 60.4. The highest BCUT2D eigenvalue weighted by Crippen LogP contribution is 2.17. The molecule has 368 valence electrons. The lowest BCUT2D eigenvalue weighted by Crippen LogP contribution is -2.43. The van der Waals surface area contributed by atoms with Crippen LogP contribution < -0.4 is 5.32 Å². The Balaban J connectivity index is 4.30. The van der Waals surface area contributed by atoms with Crippen molar-refractivity contribution >= 4 is 17.8 Å². The van der Waals surface area contributed by atoms with Gasteiger partial charge in [0.05, 0.1) is 19.6 Å². The van der Waals surface area contributed by atoms with Gasteiger partial charge in [0.25, 0.3) is 0 Å². The molecule has 0 saturated carbocycles. The molecule has 0 saturated heterocycles. The third-order valence-corrected chi connectivity index (χ3v) is 13.0. The minimum atomic E-state index is -0.983. The third-order valence-electron chi connectivity index (χ3n) is 13.0. The van der Waals surface area contributed by atoms with Crippen molar-refractivity contribution in [3.63, 3.8) is 0 Å². The lowest BCUT2D eigenvalue weighted by atomic mass is 10.0. The van der Waals surface area contributed by atoms with E-state index in [1.807, 2.05) is 0 Å². The van der Waals surface area contributed by atoms with E-state index in [1.54, 1.807) is 0 Å². The van der Waals surface area contributed by atoms with E-state index in [1.165, 1.54) is 238 Å². The number of nitrogens with one attached hydrogen (secondary N) is 1. The molecular formula is C56H109NO5. The van der Waals surface area contributed by atoms with Crippen LogP contribution in [0.25, 0.3) is 0 Å². The summed E-state index contributed by atoms with van der Waals surface area (Å²) in [6.07, 6.45) is 58.0. The number of esters is 2. The summed E-state index contributed by atoms with van der Waals surface area (Å²) < 4.78 is 11.2. The van der Waals surface area contributed by atoms with E-state index in [2.05, 4.69) is 26.1 Å². The molecule has 0 aliphatic heterocycles. The van der Waals surface area contributed by atoms with Gasteiger partial charge in [-0.05, 0) is 19.3 Å². The van der Waals surface area contributed by atoms with Crippen LogP contribution in [0, 0.1) is 0 Å². The van der Waals surface area contributed by atoms with Gasteiger partial charge in [-0.2, -0.15) is 0 Å². The van der Waals surface area contributed by atoms with E-state index in [0.29, 0.717) is 19.6 Å². The second-order valence-corrected chi connectivity index (χ2v) is 19.3. The summed E-state index contributed by atoms with van der Waals surface area (Å²) >= 11 is 0. The first-order chi connectivity index (χ1) is 30.5. The highest BCUT2D eigenvalue weighted by atomic mass is 16.5. The molecule has 0 aliphatic carbocycles. The summed E-state index contributed by atoms with van der Waals surface area (Å²) in [5, 5.41) is 2.84. The molecule has 0 spiro atoms. The van der Waals surface area contributed by atoms with Crippen molar-refractivity contribution in [2.24, 2.45) is 0 Å². The fraction of sp³-hybridized carbons (Fsp3) is 0.946. The van der Waals surface area contributed by atoms with Crippen molar-refractivity contribution in [3.8, 4) is 0 Å². The summed E-state index contributed by atoms with van der Waals surface area (Å²) in [6.45, 7) is 7.52. The van der Waals surface area contributed by atoms with Crippen molar-refractivity contribution < 1.29 is 23.9 Å². The SMILES string of the molecule is CCCCCCCCCCCCCCCCCCOC(=O)C[C@H](NC(=O)CCCCCCCCCCCCCCC)C(=O)OCCCCCCCCCCCCCCCCCC. The number of unbranched alkanes of at least 4 members (excludes halogenated alkanes) is 42. The summed E-state index contributed by atoms with van der Waals surface area (Å²) in [7, 11) is 0. The van der Waals surface area contributed by atoms with Crippen molar-refractivity contribution in [1.29, 1.82) is 0 Å². The maximum absolute atomic E-state index is 13.2. The Morgan fingerprint density at radius 3 is 0.855 bits per heavy atom. The molecule has 0 heterocycles. The molecule has 0 aliphatic rings. The van der Waals surface area contributed by atoms with Crippen LogP contribution in [0.1, 0.15) is 323 Å². The maximum atomic E-state index is 13.2. The smallest absolute Gasteiger partial charge is 0.329 e. The zero-order chi connectivity index (χ0) is 45.1. The monoisotopic (exact) mass is 876 g/mol. The first-order valence-corrected chi connectivity index (χ1v) is 28.2. The van der Waals surface area contributed by atoms with E-state index in [0.717, 1.165) is 51.4 Å². The van der Waals surface area contributed by atoms with Crippen LogP contribution in [0.3, 0.4) is 0 Å². The van der Waals surface area contributed by atoms with Gasteiger partial charge >= 0.3 is 11.9 Å². The number of rotatable bonds is 52. The molecule has 0 unspecified atom stereocenters. The molecule has 0 aromatic carbocycles. The Labute approximate surface area is 387 Å². The van der Waals surface area contributed by atoms with E-state index in [4.69, 9.17) is 9.47 Å². The number of hydrogen-bond acceptors (Lipinski definition) is 5. The van der Waals surface area contributed by atoms with Crippen LogP contribution in [0.4, 0.5) is 0 Å². The predicted molar refractivity (Wildman–Crippen MR) is 268 cm³/mol. The highest BCUT2D eigenvalue weighted by Gasteiger charge is 2.26. The van der Waals surface area contributed by atoms with E-state index >= 15 is 0 Å². The lowest BCUT2D eigenvalue weighted by molar-refractivity contribution is -0.154. The van der Waals surface area contributed by atoms with Gasteiger partial charge in [0.15, 0.2) is 0 Å². The Kier molecular flexibility index (Phi) is 50.7. The normalized spacial score (nSPS) is 11.9. The van der Waals surface area contributed by atoms with Gasteiger partial charge in [-0.3, -0.25) is 9.59 Å². The third kappa shape index (κ3) is 47.9. The predicted octanol–water partition coefficient (Wildman–Crippen LogP) is 18.0. The van der Waals surface area contributed by atoms with Gasteiger partial charge in [-0.15, -0.1) is 0 Å². The van der Waals surface area contributed by atoms with Crippen LogP contribution >= 0.6 is 0 Å². The zero-order valence-electron chi connectivity index (χ0n) is 42.3. The summed E-state index contributed by atoms with van der Waals surface area (Å²) in [4.78, 5) is 38.9. The minimum Gasteiger partial charge on any atom is -0.466 e. The fourth-order valence-electron chi connectivity index (χ4n) is 8.75. The Morgan fingerprint density at radius 1 is 0.323 bits per heavy atom. The number of amides is 1. The number of carbonyl (C=O) groups excluding carboxylic acids is 3. The summed E-state index contributed by atoms with van der Waals surface area (Å²) in [6, 6.07) is -0.983. The second-order valence-electron chi connectivity index (χ2n) is 19.3. The molecule has 1 N–H and O–H groups in total. The topological polar surface area (TPSA) is 81.7 Å². The maximum Gasteiger partial charge on any atom is 0.329 e. The fourth-order valence-corrected chi connectivity index (χ4v) is 8.75. The van der Waals surface area contributed by atoms with Gasteiger partial charge in [-0.25, -0.2) is 4.79 Å². The average molecular weight is 876 g/mol. The quantitative estimate of drug-likeness (QED) is 0.0486. The van der Waals surface area contributed by atoms with Gasteiger partial charge in [0.1, 0.15) is 6.04 Å². The number of hydrogen-bond donors (Lipinski definition) is 1. The van der Waals surface area contributed by atoms with Crippen molar-refractivity contribution in [2.75, 3.05) is 13.2 Å². The van der Waals surface area contributed by atoms with Crippen LogP contribution in [0.5, 0.6) is 0 Å². The van der Waals surface area contributed by atoms with Crippen molar-refractivity contribution in [1.82, 2.24) is 5.32 Å². The molecule has 0 aromatic rings. The van der Waals surface area contributed by atoms with Gasteiger partial charge in [0, 0.05) is 6.42 Å². The molecule has 0 fully saturated rings. The highest BCUT2D eigenvalue weighted by molar-refractivity contribution is 5.88. The molecule has 62 heavy (non-hydrogen) atoms. The number of ether oxygens (including phenoxy) is 2. The zero-order valence-corrected chi connectivity index (χ0v) is 42.3.